The molecule has 1 aliphatic heterocycles. The molecule has 0 fully saturated rings. The molecule has 2 N–H and O–H groups in total. The summed E-state index contributed by atoms with van der Waals surface area (Å²) in [6, 6.07) is 15.2. The third kappa shape index (κ3) is 6.34. The van der Waals surface area contributed by atoms with Crippen LogP contribution in [0.2, 0.25) is 0 Å². The van der Waals surface area contributed by atoms with Crippen molar-refractivity contribution >= 4 is 11.6 Å². The minimum absolute atomic E-state index is 0.0661. The topological polar surface area (TPSA) is 74.3 Å². The Kier molecular flexibility index (Phi) is 8.68. The Bertz CT molecular complexity index is 1250. The Balaban J connectivity index is 1.59. The number of hydrogen-bond donors (Lipinski definition) is 2. The number of likely N-dealkylation sites (N-methyl/N-ethyl adjacent to an activating group) is 1. The summed E-state index contributed by atoms with van der Waals surface area (Å²) in [5, 5.41) is 13.9. The van der Waals surface area contributed by atoms with Gasteiger partial charge in [-0.05, 0) is 55.4 Å². The number of rotatable bonds is 10. The van der Waals surface area contributed by atoms with Crippen molar-refractivity contribution in [3.63, 3.8) is 0 Å². The van der Waals surface area contributed by atoms with E-state index in [1.807, 2.05) is 68.5 Å². The lowest BCUT2D eigenvalue weighted by atomic mass is 9.96. The van der Waals surface area contributed by atoms with Crippen LogP contribution in [0, 0.1) is 0 Å². The molecule has 3 aromatic rings. The number of carbonyl (C=O) groups is 1. The van der Waals surface area contributed by atoms with E-state index in [0.29, 0.717) is 19.6 Å². The number of aromatic hydroxyl groups is 1. The monoisotopic (exact) mass is 525 g/mol. The summed E-state index contributed by atoms with van der Waals surface area (Å²) in [7, 11) is 5.78. The van der Waals surface area contributed by atoms with Crippen molar-refractivity contribution in [2.75, 3.05) is 46.2 Å². The van der Waals surface area contributed by atoms with E-state index in [1.54, 1.807) is 4.90 Å². The number of phenolic OH excluding ortho intramolecular Hbond substituents is 1. The van der Waals surface area contributed by atoms with E-state index in [0.717, 1.165) is 46.8 Å². The second-order valence-electron chi connectivity index (χ2n) is 9.48. The van der Waals surface area contributed by atoms with Gasteiger partial charge in [0.05, 0.1) is 0 Å². The molecular weight excluding hydrogens is 492 g/mol. The van der Waals surface area contributed by atoms with E-state index in [2.05, 4.69) is 5.32 Å². The summed E-state index contributed by atoms with van der Waals surface area (Å²) >= 11 is 0. The van der Waals surface area contributed by atoms with Crippen LogP contribution in [0.15, 0.2) is 54.6 Å². The number of amides is 1. The van der Waals surface area contributed by atoms with Gasteiger partial charge in [-0.15, -0.1) is 0 Å². The van der Waals surface area contributed by atoms with Crippen LogP contribution in [-0.2, 0) is 19.6 Å². The first-order chi connectivity index (χ1) is 18.3. The highest BCUT2D eigenvalue weighted by Gasteiger charge is 2.29. The third-order valence-corrected chi connectivity index (χ3v) is 6.49. The fraction of sp³-hybridized carbons (Fsp3) is 0.345. The van der Waals surface area contributed by atoms with Gasteiger partial charge >= 0.3 is 0 Å². The normalized spacial score (nSPS) is 13.0. The molecule has 0 unspecified atom stereocenters. The van der Waals surface area contributed by atoms with Gasteiger partial charge in [0.25, 0.3) is 12.3 Å². The Morgan fingerprint density at radius 3 is 2.58 bits per heavy atom. The average molecular weight is 526 g/mol. The zero-order valence-electron chi connectivity index (χ0n) is 21.8. The van der Waals surface area contributed by atoms with Crippen molar-refractivity contribution in [3.8, 4) is 17.2 Å². The summed E-state index contributed by atoms with van der Waals surface area (Å²) in [4.78, 5) is 17.3. The molecule has 3 aromatic carbocycles. The van der Waals surface area contributed by atoms with Gasteiger partial charge in [-0.25, -0.2) is 8.78 Å². The summed E-state index contributed by atoms with van der Waals surface area (Å²) in [6.07, 6.45) is -2.24. The number of benzene rings is 3. The number of anilines is 1. The number of fused-ring (bicyclic) bond motifs is 1. The number of halogens is 2. The van der Waals surface area contributed by atoms with Gasteiger partial charge in [-0.2, -0.15) is 0 Å². The molecule has 0 saturated heterocycles. The van der Waals surface area contributed by atoms with Gasteiger partial charge in [0, 0.05) is 44.0 Å². The van der Waals surface area contributed by atoms with Gasteiger partial charge in [0.2, 0.25) is 0 Å². The Morgan fingerprint density at radius 2 is 1.89 bits per heavy atom. The summed E-state index contributed by atoms with van der Waals surface area (Å²) in [6.45, 7) is 2.09. The number of phenols is 1. The minimum atomic E-state index is -2.82. The zero-order chi connectivity index (χ0) is 27.2. The maximum Gasteiger partial charge on any atom is 0.264 e. The number of carbonyl (C=O) groups excluding carboxylic acids is 1. The lowest BCUT2D eigenvalue weighted by molar-refractivity contribution is 0.0726. The first-order valence-electron chi connectivity index (χ1n) is 12.5. The number of nitrogens with one attached hydrogen (secondary N) is 1. The van der Waals surface area contributed by atoms with Gasteiger partial charge < -0.3 is 29.7 Å². The van der Waals surface area contributed by atoms with Gasteiger partial charge in [0.1, 0.15) is 36.0 Å². The fourth-order valence-corrected chi connectivity index (χ4v) is 4.43. The smallest absolute Gasteiger partial charge is 0.264 e. The summed E-state index contributed by atoms with van der Waals surface area (Å²) < 4.78 is 38.7. The zero-order valence-corrected chi connectivity index (χ0v) is 21.8. The molecule has 0 bridgehead atoms. The van der Waals surface area contributed by atoms with Crippen LogP contribution < -0.4 is 14.8 Å². The predicted molar refractivity (Wildman–Crippen MR) is 142 cm³/mol. The highest BCUT2D eigenvalue weighted by atomic mass is 19.3. The van der Waals surface area contributed by atoms with Crippen molar-refractivity contribution in [3.05, 3.63) is 82.4 Å². The van der Waals surface area contributed by atoms with Gasteiger partial charge in [-0.1, -0.05) is 30.3 Å². The third-order valence-electron chi connectivity index (χ3n) is 6.49. The molecular formula is C29H33F2N3O4. The van der Waals surface area contributed by atoms with Crippen molar-refractivity contribution in [1.29, 1.82) is 0 Å². The molecule has 1 amide bonds. The van der Waals surface area contributed by atoms with E-state index in [1.165, 1.54) is 0 Å². The molecule has 1 heterocycles. The van der Waals surface area contributed by atoms with Crippen LogP contribution in [0.1, 0.15) is 39.0 Å². The molecule has 1 aliphatic rings. The standard InChI is InChI=1S/C29H33F2N3O4/c1-32-24-16-22(37-12-11-33(2)3)13-20-9-10-34(17-23(20)24)29(36)27-25(35)14-21(28(30)31)15-26(27)38-18-19-7-5-4-6-8-19/h4-8,13-16,28,32,35H,9-12,17-18H2,1-3H3. The van der Waals surface area contributed by atoms with Crippen LogP contribution in [0.3, 0.4) is 0 Å². The second-order valence-corrected chi connectivity index (χ2v) is 9.48. The largest absolute Gasteiger partial charge is 0.507 e. The van der Waals surface area contributed by atoms with Crippen molar-refractivity contribution in [2.24, 2.45) is 0 Å². The highest BCUT2D eigenvalue weighted by molar-refractivity contribution is 6.00. The molecule has 38 heavy (non-hydrogen) atoms. The predicted octanol–water partition coefficient (Wildman–Crippen LogP) is 5.09. The van der Waals surface area contributed by atoms with E-state index in [9.17, 15) is 18.7 Å². The summed E-state index contributed by atoms with van der Waals surface area (Å²) in [5.41, 5.74) is 3.13. The van der Waals surface area contributed by atoms with Crippen LogP contribution >= 0.6 is 0 Å². The Hall–Kier alpha value is -3.85. The molecule has 0 spiro atoms. The van der Waals surface area contributed by atoms with Crippen LogP contribution in [0.5, 0.6) is 17.2 Å². The molecule has 202 valence electrons. The Morgan fingerprint density at radius 1 is 1.13 bits per heavy atom. The number of nitrogens with zero attached hydrogens (tertiary/aromatic N) is 2. The average Bonchev–Trinajstić information content (AvgIpc) is 2.90. The lowest BCUT2D eigenvalue weighted by Crippen LogP contribution is -2.36. The van der Waals surface area contributed by atoms with E-state index < -0.39 is 23.6 Å². The number of ether oxygens (including phenoxy) is 2. The first kappa shape index (κ1) is 27.2. The summed E-state index contributed by atoms with van der Waals surface area (Å²) in [5.74, 6) is -0.324. The molecule has 9 heteroatoms. The SMILES string of the molecule is CNc1cc(OCCN(C)C)cc2c1CN(C(=O)c1c(O)cc(C(F)F)cc1OCc1ccccc1)CC2. The van der Waals surface area contributed by atoms with Crippen molar-refractivity contribution in [1.82, 2.24) is 9.80 Å². The molecule has 4 rings (SSSR count). The quantitative estimate of drug-likeness (QED) is 0.384. The van der Waals surface area contributed by atoms with Crippen molar-refractivity contribution in [2.45, 2.75) is 26.0 Å². The number of alkyl halides is 2. The van der Waals surface area contributed by atoms with Crippen molar-refractivity contribution < 1.29 is 28.2 Å². The van der Waals surface area contributed by atoms with E-state index >= 15 is 0 Å². The highest BCUT2D eigenvalue weighted by Crippen LogP contribution is 2.37. The number of hydrogen-bond acceptors (Lipinski definition) is 6. The maximum absolute atomic E-state index is 13.7. The molecule has 0 radical (unpaired) electrons. The van der Waals surface area contributed by atoms with E-state index in [4.69, 9.17) is 9.47 Å². The first-order valence-corrected chi connectivity index (χ1v) is 12.5. The molecule has 0 aromatic heterocycles. The molecule has 0 atom stereocenters. The molecule has 0 aliphatic carbocycles. The minimum Gasteiger partial charge on any atom is -0.507 e. The lowest BCUT2D eigenvalue weighted by Gasteiger charge is -2.31. The van der Waals surface area contributed by atoms with Crippen LogP contribution in [0.25, 0.3) is 0 Å². The van der Waals surface area contributed by atoms with E-state index in [-0.39, 0.29) is 24.5 Å². The van der Waals surface area contributed by atoms with Crippen LogP contribution in [0.4, 0.5) is 14.5 Å². The fourth-order valence-electron chi connectivity index (χ4n) is 4.43. The van der Waals surface area contributed by atoms with Crippen LogP contribution in [-0.4, -0.2) is 61.7 Å². The molecule has 7 nitrogen and oxygen atoms in total. The van der Waals surface area contributed by atoms with Gasteiger partial charge in [0.15, 0.2) is 0 Å². The second kappa shape index (κ2) is 12.1. The molecule has 0 saturated carbocycles. The van der Waals surface area contributed by atoms with Gasteiger partial charge in [-0.3, -0.25) is 4.79 Å². The maximum atomic E-state index is 13.7. The Labute approximate surface area is 221 Å².